The zero-order valence-electron chi connectivity index (χ0n) is 20.5. The van der Waals surface area contributed by atoms with Crippen LogP contribution in [0.3, 0.4) is 0 Å². The van der Waals surface area contributed by atoms with Crippen LogP contribution in [0.4, 0.5) is 16.2 Å². The Balaban J connectivity index is 1.64. The first-order chi connectivity index (χ1) is 16.0. The Morgan fingerprint density at radius 2 is 1.91 bits per heavy atom. The summed E-state index contributed by atoms with van der Waals surface area (Å²) in [4.78, 5) is 30.8. The Kier molecular flexibility index (Phi) is 6.68. The molecule has 1 aromatic rings. The maximum absolute atomic E-state index is 12.9. The molecule has 0 aromatic heterocycles. The molecule has 2 fully saturated rings. The van der Waals surface area contributed by atoms with Gasteiger partial charge in [0.05, 0.1) is 35.0 Å². The van der Waals surface area contributed by atoms with E-state index in [9.17, 15) is 18.0 Å². The van der Waals surface area contributed by atoms with Gasteiger partial charge in [-0.1, -0.05) is 12.6 Å². The first-order valence-electron chi connectivity index (χ1n) is 12.0. The molecule has 0 aliphatic carbocycles. The molecule has 2 saturated heterocycles. The van der Waals surface area contributed by atoms with Gasteiger partial charge in [0.25, 0.3) is 0 Å². The number of amides is 2. The normalized spacial score (nSPS) is 26.6. The predicted octanol–water partition coefficient (Wildman–Crippen LogP) is 3.67. The highest BCUT2D eigenvalue weighted by atomic mass is 32.2. The van der Waals surface area contributed by atoms with E-state index in [0.29, 0.717) is 30.9 Å². The van der Waals surface area contributed by atoms with Gasteiger partial charge in [0.2, 0.25) is 5.91 Å². The van der Waals surface area contributed by atoms with Gasteiger partial charge in [0, 0.05) is 37.7 Å². The quantitative estimate of drug-likeness (QED) is 0.644. The minimum Gasteiger partial charge on any atom is -0.446 e. The number of carbonyl (C=O) groups is 2. The van der Waals surface area contributed by atoms with Crippen molar-refractivity contribution in [3.63, 3.8) is 0 Å². The van der Waals surface area contributed by atoms with Crippen LogP contribution in [0.25, 0.3) is 0 Å². The Hall–Kier alpha value is -2.55. The van der Waals surface area contributed by atoms with Crippen molar-refractivity contribution in [1.29, 1.82) is 0 Å². The summed E-state index contributed by atoms with van der Waals surface area (Å²) in [5.74, 6) is 0.516. The predicted molar refractivity (Wildman–Crippen MR) is 133 cm³/mol. The summed E-state index contributed by atoms with van der Waals surface area (Å²) in [6.45, 7) is 12.4. The summed E-state index contributed by atoms with van der Waals surface area (Å²) < 4.78 is 29.9. The number of benzene rings is 1. The van der Waals surface area contributed by atoms with E-state index >= 15 is 0 Å². The number of nitrogens with zero attached hydrogens (tertiary/aromatic N) is 3. The van der Waals surface area contributed by atoms with Crippen LogP contribution in [-0.4, -0.2) is 68.1 Å². The molecular formula is C25H35N3O5S. The third-order valence-electron chi connectivity index (χ3n) is 6.99. The molecule has 1 aromatic carbocycles. The van der Waals surface area contributed by atoms with Crippen molar-refractivity contribution in [2.75, 3.05) is 34.4 Å². The molecule has 3 atom stereocenters. The Morgan fingerprint density at radius 1 is 1.18 bits per heavy atom. The average Bonchev–Trinajstić information content (AvgIpc) is 3.13. The first-order valence-corrected chi connectivity index (χ1v) is 13.9. The molecule has 8 nitrogen and oxygen atoms in total. The van der Waals surface area contributed by atoms with Crippen molar-refractivity contribution in [2.45, 2.75) is 71.1 Å². The summed E-state index contributed by atoms with van der Waals surface area (Å²) in [6, 6.07) is 5.70. The van der Waals surface area contributed by atoms with Crippen molar-refractivity contribution >= 4 is 33.2 Å². The molecule has 34 heavy (non-hydrogen) atoms. The lowest BCUT2D eigenvalue weighted by Crippen LogP contribution is -2.51. The minimum absolute atomic E-state index is 0.0274. The van der Waals surface area contributed by atoms with Crippen molar-refractivity contribution in [2.24, 2.45) is 0 Å². The van der Waals surface area contributed by atoms with Crippen molar-refractivity contribution < 1.29 is 22.7 Å². The number of fused-ring (bicyclic) bond motifs is 1. The molecule has 0 N–H and O–H groups in total. The van der Waals surface area contributed by atoms with Crippen molar-refractivity contribution in [3.8, 4) is 0 Å². The molecule has 3 heterocycles. The van der Waals surface area contributed by atoms with Gasteiger partial charge in [-0.2, -0.15) is 0 Å². The lowest BCUT2D eigenvalue weighted by atomic mass is 9.95. The van der Waals surface area contributed by atoms with Crippen LogP contribution in [-0.2, 0) is 19.4 Å². The minimum atomic E-state index is -3.01. The van der Waals surface area contributed by atoms with Gasteiger partial charge >= 0.3 is 6.09 Å². The van der Waals surface area contributed by atoms with E-state index in [1.165, 1.54) is 6.92 Å². The number of allylic oxidation sites excluding steroid dienone is 1. The van der Waals surface area contributed by atoms with E-state index < -0.39 is 15.9 Å². The van der Waals surface area contributed by atoms with Gasteiger partial charge < -0.3 is 14.5 Å². The van der Waals surface area contributed by atoms with Gasteiger partial charge in [-0.05, 0) is 57.7 Å². The molecule has 0 bridgehead atoms. The standard InChI is InChI=1S/C25H35N3O5S/c1-16(2)33-25(30)27-13-18(4)28(19(5)29)23-9-8-20(12-24(23)27)21-11-17(3)26(14-21)22-7-6-10-34(31,32)15-22/h8-9,12,16,18,21-22H,3,6-7,10-11,13-15H2,1-2,4-5H3. The van der Waals surface area contributed by atoms with Crippen LogP contribution >= 0.6 is 0 Å². The summed E-state index contributed by atoms with van der Waals surface area (Å²) in [6.07, 6.45) is 1.60. The maximum Gasteiger partial charge on any atom is 0.414 e. The number of rotatable bonds is 3. The summed E-state index contributed by atoms with van der Waals surface area (Å²) in [5.41, 5.74) is 3.37. The summed E-state index contributed by atoms with van der Waals surface area (Å²) >= 11 is 0. The van der Waals surface area contributed by atoms with E-state index in [1.54, 1.807) is 9.80 Å². The molecule has 186 valence electrons. The number of likely N-dealkylation sites (tertiary alicyclic amines) is 1. The van der Waals surface area contributed by atoms with Gasteiger partial charge in [0.1, 0.15) is 0 Å². The van der Waals surface area contributed by atoms with E-state index in [0.717, 1.165) is 24.1 Å². The zero-order valence-corrected chi connectivity index (χ0v) is 21.3. The largest absolute Gasteiger partial charge is 0.446 e. The molecule has 2 amide bonds. The lowest BCUT2D eigenvalue weighted by Gasteiger charge is -2.40. The fraction of sp³-hybridized carbons (Fsp3) is 0.600. The van der Waals surface area contributed by atoms with Crippen LogP contribution < -0.4 is 9.80 Å². The second kappa shape index (κ2) is 9.24. The van der Waals surface area contributed by atoms with Crippen LogP contribution in [0.1, 0.15) is 58.4 Å². The topological polar surface area (TPSA) is 87.2 Å². The van der Waals surface area contributed by atoms with Crippen LogP contribution in [0.15, 0.2) is 30.5 Å². The molecule has 0 saturated carbocycles. The van der Waals surface area contributed by atoms with E-state index in [1.807, 2.05) is 39.0 Å². The molecule has 0 spiro atoms. The molecule has 3 unspecified atom stereocenters. The zero-order chi connectivity index (χ0) is 24.8. The van der Waals surface area contributed by atoms with Crippen molar-refractivity contribution in [3.05, 3.63) is 36.0 Å². The fourth-order valence-electron chi connectivity index (χ4n) is 5.52. The highest BCUT2D eigenvalue weighted by Gasteiger charge is 2.38. The number of sulfone groups is 1. The lowest BCUT2D eigenvalue weighted by molar-refractivity contribution is -0.117. The number of hydrogen-bond donors (Lipinski definition) is 0. The maximum atomic E-state index is 12.9. The second-order valence-corrected chi connectivity index (χ2v) is 12.3. The van der Waals surface area contributed by atoms with Crippen molar-refractivity contribution in [1.82, 2.24) is 4.90 Å². The summed E-state index contributed by atoms with van der Waals surface area (Å²) in [7, 11) is -3.01. The van der Waals surface area contributed by atoms with E-state index in [4.69, 9.17) is 4.74 Å². The third kappa shape index (κ3) is 4.80. The number of carbonyl (C=O) groups excluding carboxylic acids is 2. The Bertz CT molecular complexity index is 1100. The van der Waals surface area contributed by atoms with E-state index in [-0.39, 0.29) is 41.5 Å². The van der Waals surface area contributed by atoms with Gasteiger partial charge in [-0.25, -0.2) is 13.2 Å². The monoisotopic (exact) mass is 489 g/mol. The smallest absolute Gasteiger partial charge is 0.414 e. The average molecular weight is 490 g/mol. The molecule has 0 radical (unpaired) electrons. The Morgan fingerprint density at radius 3 is 2.56 bits per heavy atom. The molecule has 3 aliphatic heterocycles. The van der Waals surface area contributed by atoms with Gasteiger partial charge in [-0.3, -0.25) is 9.69 Å². The number of hydrogen-bond acceptors (Lipinski definition) is 6. The number of anilines is 2. The molecule has 4 rings (SSSR count). The highest BCUT2D eigenvalue weighted by molar-refractivity contribution is 7.91. The number of ether oxygens (including phenoxy) is 1. The molecular weight excluding hydrogens is 454 g/mol. The second-order valence-electron chi connectivity index (χ2n) is 10.1. The Labute approximate surface area is 202 Å². The summed E-state index contributed by atoms with van der Waals surface area (Å²) in [5, 5.41) is 0. The van der Waals surface area contributed by atoms with Crippen LogP contribution in [0.5, 0.6) is 0 Å². The third-order valence-corrected chi connectivity index (χ3v) is 8.79. The molecule has 3 aliphatic rings. The first kappa shape index (κ1) is 24.6. The fourth-order valence-corrected chi connectivity index (χ4v) is 7.23. The molecule has 9 heteroatoms. The van der Waals surface area contributed by atoms with Gasteiger partial charge in [0.15, 0.2) is 9.84 Å². The van der Waals surface area contributed by atoms with Gasteiger partial charge in [-0.15, -0.1) is 0 Å². The SMILES string of the molecule is C=C1CC(c2ccc3c(c2)N(C(=O)OC(C)C)CC(C)N3C(C)=O)CN1C1CCCS(=O)(=O)C1. The van der Waals surface area contributed by atoms with Crippen LogP contribution in [0, 0.1) is 0 Å². The highest BCUT2D eigenvalue weighted by Crippen LogP contribution is 2.42. The van der Waals surface area contributed by atoms with E-state index in [2.05, 4.69) is 11.5 Å². The van der Waals surface area contributed by atoms with Crippen LogP contribution in [0.2, 0.25) is 0 Å².